The number of aryl methyl sites for hydroxylation is 1. The molecule has 1 aliphatic heterocycles. The number of aromatic carboxylic acids is 1. The predicted octanol–water partition coefficient (Wildman–Crippen LogP) is 6.39. The number of nitrogens with one attached hydrogen (secondary N) is 3. The number of hydrogen-bond acceptors (Lipinski definition) is 13. The van der Waals surface area contributed by atoms with E-state index in [4.69, 9.17) is 28.4 Å². The minimum absolute atomic E-state index is 0.0497. The summed E-state index contributed by atoms with van der Waals surface area (Å²) in [5.74, 6) is -7.47. The molecule has 0 aromatic heterocycles. The first-order valence-corrected chi connectivity index (χ1v) is 22.8. The zero-order chi connectivity index (χ0) is 51.1. The van der Waals surface area contributed by atoms with Crippen LogP contribution in [0.15, 0.2) is 140 Å². The third kappa shape index (κ3) is 13.2. The van der Waals surface area contributed by atoms with E-state index in [1.807, 2.05) is 36.4 Å². The van der Waals surface area contributed by atoms with E-state index in [9.17, 15) is 38.7 Å². The van der Waals surface area contributed by atoms with Crippen LogP contribution in [0, 0.1) is 20.8 Å². The Morgan fingerprint density at radius 2 is 0.889 bits per heavy atom. The molecule has 6 aromatic rings. The van der Waals surface area contributed by atoms with E-state index in [1.165, 1.54) is 18.2 Å². The first kappa shape index (κ1) is 50.9. The Labute approximate surface area is 414 Å². The monoisotopic (exact) mass is 977 g/mol. The fourth-order valence-electron chi connectivity index (χ4n) is 7.38. The van der Waals surface area contributed by atoms with Crippen molar-refractivity contribution in [1.29, 1.82) is 0 Å². The topological polar surface area (TPSA) is 231 Å². The Kier molecular flexibility index (Phi) is 17.0. The number of hydrogen-bond donors (Lipinski definition) is 4. The van der Waals surface area contributed by atoms with Gasteiger partial charge in [-0.25, -0.2) is 19.2 Å². The molecule has 0 radical (unpaired) electrons. The summed E-state index contributed by atoms with van der Waals surface area (Å²) >= 11 is 0. The van der Waals surface area contributed by atoms with Crippen LogP contribution in [0.5, 0.6) is 17.2 Å². The number of rotatable bonds is 16. The van der Waals surface area contributed by atoms with E-state index in [1.54, 1.807) is 99.6 Å². The molecule has 3 atom stereocenters. The lowest BCUT2D eigenvalue weighted by Crippen LogP contribution is -2.53. The van der Waals surface area contributed by atoms with E-state index >= 15 is 0 Å². The number of carbonyl (C=O) groups is 7. The number of amides is 3. The summed E-state index contributed by atoms with van der Waals surface area (Å²) in [6.07, 6.45) is 0. The van der Waals surface area contributed by atoms with Gasteiger partial charge in [-0.1, -0.05) is 109 Å². The standard InChI is InChI=1S/C55H51N3O14/c1-33-15-13-22-40(34(33)2)49(59)56-43-30-71-55(66)45(32-72-54(65)44(31-70-53(43)64)57-50(60)41-23-14-24-46(35(41)3)67-27-36-16-7-4-8-17-36)58-51(61)42-25-39(52(62)63)26-47(68-28-37-18-9-5-10-19-37)48(42)69-29-38-20-11-6-12-21-38/h4-26,43-45H,27-32H2,1-3H3,(H,56,59)(H,57,60)(H,58,61)(H,62,63)/t43-,44-,45-/m0/s1. The summed E-state index contributed by atoms with van der Waals surface area (Å²) < 4.78 is 34.8. The average molecular weight is 978 g/mol. The third-order valence-electron chi connectivity index (χ3n) is 11.6. The van der Waals surface area contributed by atoms with E-state index in [2.05, 4.69) is 16.0 Å². The second kappa shape index (κ2) is 24.0. The molecule has 1 aliphatic rings. The molecule has 17 nitrogen and oxygen atoms in total. The second-order valence-corrected chi connectivity index (χ2v) is 16.6. The smallest absolute Gasteiger partial charge is 0.335 e. The van der Waals surface area contributed by atoms with Gasteiger partial charge < -0.3 is 49.5 Å². The molecule has 72 heavy (non-hydrogen) atoms. The Morgan fingerprint density at radius 1 is 0.486 bits per heavy atom. The van der Waals surface area contributed by atoms with Crippen molar-refractivity contribution in [3.63, 3.8) is 0 Å². The maximum absolute atomic E-state index is 14.5. The molecule has 6 aromatic carbocycles. The quantitative estimate of drug-likeness (QED) is 0.0609. The molecule has 1 saturated heterocycles. The van der Waals surface area contributed by atoms with Gasteiger partial charge in [-0.2, -0.15) is 0 Å². The fourth-order valence-corrected chi connectivity index (χ4v) is 7.38. The van der Waals surface area contributed by atoms with Crippen LogP contribution in [0.4, 0.5) is 0 Å². The molecule has 1 fully saturated rings. The Morgan fingerprint density at radius 3 is 1.35 bits per heavy atom. The normalized spacial score (nSPS) is 16.0. The lowest BCUT2D eigenvalue weighted by Gasteiger charge is -2.25. The van der Waals surface area contributed by atoms with Gasteiger partial charge in [0.15, 0.2) is 29.6 Å². The van der Waals surface area contributed by atoms with Crippen LogP contribution in [-0.4, -0.2) is 84.7 Å². The molecular weight excluding hydrogens is 927 g/mol. The summed E-state index contributed by atoms with van der Waals surface area (Å²) in [7, 11) is 0. The van der Waals surface area contributed by atoms with Crippen molar-refractivity contribution < 1.29 is 67.1 Å². The molecule has 0 unspecified atom stereocenters. The van der Waals surface area contributed by atoms with Crippen LogP contribution in [0.3, 0.4) is 0 Å². The molecule has 17 heteroatoms. The minimum Gasteiger partial charge on any atom is -0.489 e. The first-order chi connectivity index (χ1) is 34.7. The van der Waals surface area contributed by atoms with Gasteiger partial charge in [0, 0.05) is 16.7 Å². The van der Waals surface area contributed by atoms with Gasteiger partial charge in [0.1, 0.15) is 45.4 Å². The van der Waals surface area contributed by atoms with Crippen LogP contribution in [0.1, 0.15) is 74.8 Å². The van der Waals surface area contributed by atoms with E-state index in [0.717, 1.165) is 22.8 Å². The molecule has 0 aliphatic carbocycles. The van der Waals surface area contributed by atoms with E-state index in [-0.39, 0.29) is 53.6 Å². The summed E-state index contributed by atoms with van der Waals surface area (Å²) in [4.78, 5) is 96.4. The molecule has 0 bridgehead atoms. The van der Waals surface area contributed by atoms with E-state index in [0.29, 0.717) is 22.4 Å². The van der Waals surface area contributed by atoms with Crippen LogP contribution in [0.2, 0.25) is 0 Å². The summed E-state index contributed by atoms with van der Waals surface area (Å²) in [5.41, 5.74) is 3.69. The summed E-state index contributed by atoms with van der Waals surface area (Å²) in [5, 5.41) is 17.7. The number of carboxylic acids is 1. The van der Waals surface area contributed by atoms with Crippen molar-refractivity contribution in [2.24, 2.45) is 0 Å². The molecule has 0 saturated carbocycles. The highest BCUT2D eigenvalue weighted by Gasteiger charge is 2.35. The molecule has 370 valence electrons. The Balaban J connectivity index is 1.19. The van der Waals surface area contributed by atoms with Gasteiger partial charge in [-0.15, -0.1) is 0 Å². The van der Waals surface area contributed by atoms with Crippen molar-refractivity contribution in [3.05, 3.63) is 195 Å². The van der Waals surface area contributed by atoms with Gasteiger partial charge in [0.2, 0.25) is 0 Å². The minimum atomic E-state index is -1.84. The molecule has 0 spiro atoms. The van der Waals surface area contributed by atoms with Crippen molar-refractivity contribution in [2.45, 2.75) is 58.7 Å². The molecule has 4 N–H and O–H groups in total. The van der Waals surface area contributed by atoms with Crippen molar-refractivity contribution >= 4 is 41.6 Å². The first-order valence-electron chi connectivity index (χ1n) is 22.8. The summed E-state index contributed by atoms with van der Waals surface area (Å²) in [6, 6.07) is 34.0. The molecule has 3 amide bonds. The summed E-state index contributed by atoms with van der Waals surface area (Å²) in [6.45, 7) is 2.69. The largest absolute Gasteiger partial charge is 0.489 e. The zero-order valence-electron chi connectivity index (χ0n) is 39.5. The van der Waals surface area contributed by atoms with E-state index < -0.39 is 79.5 Å². The van der Waals surface area contributed by atoms with Crippen molar-refractivity contribution in [2.75, 3.05) is 19.8 Å². The number of cyclic esters (lactones) is 3. The highest BCUT2D eigenvalue weighted by atomic mass is 16.6. The third-order valence-corrected chi connectivity index (χ3v) is 11.6. The number of esters is 3. The maximum atomic E-state index is 14.5. The fraction of sp³-hybridized carbons (Fsp3) is 0.218. The lowest BCUT2D eigenvalue weighted by atomic mass is 10.0. The van der Waals surface area contributed by atoms with Crippen LogP contribution in [-0.2, 0) is 48.4 Å². The van der Waals surface area contributed by atoms with Crippen LogP contribution >= 0.6 is 0 Å². The van der Waals surface area contributed by atoms with Gasteiger partial charge in [-0.05, 0) is 78.9 Å². The van der Waals surface area contributed by atoms with Gasteiger partial charge in [0.25, 0.3) is 17.7 Å². The number of ether oxygens (including phenoxy) is 6. The second-order valence-electron chi connectivity index (χ2n) is 16.6. The molecule has 7 rings (SSSR count). The van der Waals surface area contributed by atoms with Gasteiger partial charge in [0.05, 0.1) is 11.1 Å². The predicted molar refractivity (Wildman–Crippen MR) is 259 cm³/mol. The van der Waals surface area contributed by atoms with Gasteiger partial charge in [-0.3, -0.25) is 14.4 Å². The molecule has 1 heterocycles. The number of benzene rings is 6. The average Bonchev–Trinajstić information content (AvgIpc) is 3.39. The SMILES string of the molecule is Cc1cccc(C(=O)N[C@H]2COC(=O)[C@@H](NC(=O)c3cc(C(=O)O)cc(OCc4ccccc4)c3OCc3ccccc3)COC(=O)[C@@H](NC(=O)c3cccc(OCc4ccccc4)c3C)COC2=O)c1C. The zero-order valence-corrected chi connectivity index (χ0v) is 39.5. The van der Waals surface area contributed by atoms with Crippen LogP contribution < -0.4 is 30.2 Å². The molecular formula is C55H51N3O14. The number of carboxylic acid groups (broad SMARTS) is 1. The van der Waals surface area contributed by atoms with Crippen LogP contribution in [0.25, 0.3) is 0 Å². The maximum Gasteiger partial charge on any atom is 0.335 e. The van der Waals surface area contributed by atoms with Crippen molar-refractivity contribution in [1.82, 2.24) is 16.0 Å². The highest BCUT2D eigenvalue weighted by Crippen LogP contribution is 2.35. The highest BCUT2D eigenvalue weighted by molar-refractivity contribution is 6.03. The van der Waals surface area contributed by atoms with Crippen molar-refractivity contribution in [3.8, 4) is 17.2 Å². The Bertz CT molecular complexity index is 2950. The lowest BCUT2D eigenvalue weighted by molar-refractivity contribution is -0.160. The Hall–Kier alpha value is -8.99. The number of carbonyl (C=O) groups excluding carboxylic acids is 6. The van der Waals surface area contributed by atoms with Gasteiger partial charge >= 0.3 is 23.9 Å².